The van der Waals surface area contributed by atoms with Crippen molar-refractivity contribution in [2.75, 3.05) is 24.5 Å². The van der Waals surface area contributed by atoms with Crippen LogP contribution in [0.3, 0.4) is 0 Å². The second kappa shape index (κ2) is 5.81. The summed E-state index contributed by atoms with van der Waals surface area (Å²) in [4.78, 5) is 2.21. The van der Waals surface area contributed by atoms with Crippen LogP contribution in [-0.4, -0.2) is 19.6 Å². The summed E-state index contributed by atoms with van der Waals surface area (Å²) in [6.07, 6.45) is 0. The highest BCUT2D eigenvalue weighted by atomic mass is 35.5. The number of rotatable bonds is 2. The van der Waals surface area contributed by atoms with Gasteiger partial charge in [0, 0.05) is 30.3 Å². The summed E-state index contributed by atoms with van der Waals surface area (Å²) in [7, 11) is 0. The Labute approximate surface area is 123 Å². The van der Waals surface area contributed by atoms with E-state index in [4.69, 9.17) is 11.6 Å². The van der Waals surface area contributed by atoms with Gasteiger partial charge in [-0.3, -0.25) is 0 Å². The minimum Gasteiger partial charge on any atom is -0.362 e. The Balaban J connectivity index is 1.96. The Kier molecular flexibility index (Phi) is 3.90. The topological polar surface area (TPSA) is 15.3 Å². The van der Waals surface area contributed by atoms with Gasteiger partial charge in [0.2, 0.25) is 0 Å². The van der Waals surface area contributed by atoms with E-state index in [0.29, 0.717) is 5.02 Å². The van der Waals surface area contributed by atoms with Gasteiger partial charge in [-0.2, -0.15) is 0 Å². The van der Waals surface area contributed by atoms with Crippen LogP contribution in [0.2, 0.25) is 5.02 Å². The molecule has 1 fully saturated rings. The average Bonchev–Trinajstić information content (AvgIpc) is 2.47. The molecular formula is C16H16ClFN2. The first-order valence-electron chi connectivity index (χ1n) is 6.72. The third kappa shape index (κ3) is 2.79. The van der Waals surface area contributed by atoms with E-state index in [1.807, 2.05) is 24.3 Å². The van der Waals surface area contributed by atoms with Gasteiger partial charge >= 0.3 is 0 Å². The predicted octanol–water partition coefficient (Wildman–Crippen LogP) is 3.63. The Bertz CT molecular complexity index is 568. The van der Waals surface area contributed by atoms with Crippen molar-refractivity contribution in [3.63, 3.8) is 0 Å². The minimum absolute atomic E-state index is 0.197. The summed E-state index contributed by atoms with van der Waals surface area (Å²) < 4.78 is 13.6. The number of hydrogen-bond donors (Lipinski definition) is 1. The first-order valence-corrected chi connectivity index (χ1v) is 7.10. The largest absolute Gasteiger partial charge is 0.362 e. The first kappa shape index (κ1) is 13.4. The number of hydrogen-bond acceptors (Lipinski definition) is 2. The van der Waals surface area contributed by atoms with Crippen molar-refractivity contribution < 1.29 is 4.39 Å². The van der Waals surface area contributed by atoms with E-state index in [1.54, 1.807) is 6.07 Å². The van der Waals surface area contributed by atoms with E-state index in [2.05, 4.69) is 22.3 Å². The fourth-order valence-electron chi connectivity index (χ4n) is 2.69. The van der Waals surface area contributed by atoms with E-state index in [1.165, 1.54) is 11.6 Å². The number of anilines is 1. The zero-order chi connectivity index (χ0) is 13.9. The van der Waals surface area contributed by atoms with Crippen LogP contribution in [0.15, 0.2) is 48.5 Å². The molecule has 3 rings (SSSR count). The number of benzene rings is 2. The van der Waals surface area contributed by atoms with Crippen molar-refractivity contribution in [1.82, 2.24) is 5.32 Å². The molecule has 1 aliphatic rings. The molecular weight excluding hydrogens is 275 g/mol. The molecule has 1 saturated heterocycles. The molecule has 1 N–H and O–H groups in total. The lowest BCUT2D eigenvalue weighted by molar-refractivity contribution is 0.489. The van der Waals surface area contributed by atoms with Crippen LogP contribution in [0.4, 0.5) is 10.1 Å². The smallest absolute Gasteiger partial charge is 0.126 e. The van der Waals surface area contributed by atoms with Crippen LogP contribution < -0.4 is 10.2 Å². The van der Waals surface area contributed by atoms with Crippen LogP contribution in [0.25, 0.3) is 0 Å². The van der Waals surface area contributed by atoms with Gasteiger partial charge in [0.1, 0.15) is 5.82 Å². The summed E-state index contributed by atoms with van der Waals surface area (Å²) in [5.74, 6) is -0.294. The van der Waals surface area contributed by atoms with Crippen molar-refractivity contribution in [3.05, 3.63) is 64.9 Å². The van der Waals surface area contributed by atoms with E-state index in [9.17, 15) is 4.39 Å². The van der Waals surface area contributed by atoms with Crippen LogP contribution in [0.5, 0.6) is 0 Å². The molecule has 0 aliphatic carbocycles. The summed E-state index contributed by atoms with van der Waals surface area (Å²) >= 11 is 5.98. The molecule has 0 bridgehead atoms. The molecule has 0 amide bonds. The number of nitrogens with one attached hydrogen (secondary N) is 1. The Morgan fingerprint density at radius 1 is 1.15 bits per heavy atom. The lowest BCUT2D eigenvalue weighted by Crippen LogP contribution is -2.46. The molecule has 0 aromatic heterocycles. The van der Waals surface area contributed by atoms with E-state index in [0.717, 1.165) is 25.3 Å². The molecule has 0 spiro atoms. The van der Waals surface area contributed by atoms with E-state index in [-0.39, 0.29) is 11.9 Å². The Morgan fingerprint density at radius 3 is 2.70 bits per heavy atom. The maximum absolute atomic E-state index is 13.6. The highest BCUT2D eigenvalue weighted by Crippen LogP contribution is 2.30. The highest BCUT2D eigenvalue weighted by molar-refractivity contribution is 6.30. The molecule has 1 atom stereocenters. The van der Waals surface area contributed by atoms with E-state index < -0.39 is 0 Å². The molecule has 0 saturated carbocycles. The van der Waals surface area contributed by atoms with Gasteiger partial charge in [-0.15, -0.1) is 0 Å². The second-order valence-corrected chi connectivity index (χ2v) is 5.39. The number of nitrogens with zero attached hydrogens (tertiary/aromatic N) is 1. The van der Waals surface area contributed by atoms with E-state index >= 15 is 0 Å². The van der Waals surface area contributed by atoms with Crippen molar-refractivity contribution in [2.24, 2.45) is 0 Å². The maximum atomic E-state index is 13.6. The van der Waals surface area contributed by atoms with Crippen molar-refractivity contribution in [3.8, 4) is 0 Å². The molecule has 20 heavy (non-hydrogen) atoms. The number of piperazine rings is 1. The molecule has 1 heterocycles. The second-order valence-electron chi connectivity index (χ2n) is 4.95. The van der Waals surface area contributed by atoms with Gasteiger partial charge in [-0.25, -0.2) is 4.39 Å². The minimum atomic E-state index is -0.294. The maximum Gasteiger partial charge on any atom is 0.126 e. The van der Waals surface area contributed by atoms with Crippen LogP contribution in [0.1, 0.15) is 11.6 Å². The third-order valence-electron chi connectivity index (χ3n) is 3.61. The van der Waals surface area contributed by atoms with Crippen molar-refractivity contribution in [1.29, 1.82) is 0 Å². The lowest BCUT2D eigenvalue weighted by atomic mass is 10.0. The third-order valence-corrected chi connectivity index (χ3v) is 3.82. The summed E-state index contributed by atoms with van der Waals surface area (Å²) in [6.45, 7) is 2.56. The molecule has 104 valence electrons. The SMILES string of the molecule is Fc1cc(Cl)cc(N2CCNCC2c2ccccc2)c1. The summed E-state index contributed by atoms with van der Waals surface area (Å²) in [6, 6.07) is 15.2. The van der Waals surface area contributed by atoms with Crippen molar-refractivity contribution in [2.45, 2.75) is 6.04 Å². The molecule has 1 aliphatic heterocycles. The predicted molar refractivity (Wildman–Crippen MR) is 80.8 cm³/mol. The molecule has 2 aromatic carbocycles. The fourth-order valence-corrected chi connectivity index (χ4v) is 2.91. The van der Waals surface area contributed by atoms with Crippen LogP contribution in [-0.2, 0) is 0 Å². The zero-order valence-electron chi connectivity index (χ0n) is 11.0. The fraction of sp³-hybridized carbons (Fsp3) is 0.250. The van der Waals surface area contributed by atoms with Gasteiger partial charge < -0.3 is 10.2 Å². The Hall–Kier alpha value is -1.58. The zero-order valence-corrected chi connectivity index (χ0v) is 11.8. The molecule has 1 unspecified atom stereocenters. The standard InChI is InChI=1S/C16H16ClFN2/c17-13-8-14(18)10-15(9-13)20-7-6-19-11-16(20)12-4-2-1-3-5-12/h1-5,8-10,16,19H,6-7,11H2. The highest BCUT2D eigenvalue weighted by Gasteiger charge is 2.24. The first-order chi connectivity index (χ1) is 9.74. The van der Waals surface area contributed by atoms with Crippen molar-refractivity contribution >= 4 is 17.3 Å². The normalized spacial score (nSPS) is 19.1. The molecule has 0 radical (unpaired) electrons. The lowest BCUT2D eigenvalue weighted by Gasteiger charge is -2.38. The molecule has 2 nitrogen and oxygen atoms in total. The van der Waals surface area contributed by atoms with Gasteiger partial charge in [0.05, 0.1) is 6.04 Å². The molecule has 2 aromatic rings. The van der Waals surface area contributed by atoms with Crippen LogP contribution in [0, 0.1) is 5.82 Å². The van der Waals surface area contributed by atoms with Gasteiger partial charge in [-0.1, -0.05) is 41.9 Å². The Morgan fingerprint density at radius 2 is 1.95 bits per heavy atom. The average molecular weight is 291 g/mol. The monoisotopic (exact) mass is 290 g/mol. The number of halogens is 2. The van der Waals surface area contributed by atoms with Gasteiger partial charge in [-0.05, 0) is 23.8 Å². The summed E-state index contributed by atoms with van der Waals surface area (Å²) in [5.41, 5.74) is 2.06. The van der Waals surface area contributed by atoms with Gasteiger partial charge in [0.15, 0.2) is 0 Å². The summed E-state index contributed by atoms with van der Waals surface area (Å²) in [5, 5.41) is 3.83. The molecule has 4 heteroatoms. The quantitative estimate of drug-likeness (QED) is 0.908. The van der Waals surface area contributed by atoms with Gasteiger partial charge in [0.25, 0.3) is 0 Å². The van der Waals surface area contributed by atoms with Crippen LogP contribution >= 0.6 is 11.6 Å².